The van der Waals surface area contributed by atoms with E-state index in [4.69, 9.17) is 9.47 Å². The Bertz CT molecular complexity index is 1170. The van der Waals surface area contributed by atoms with Gasteiger partial charge in [-0.25, -0.2) is 4.39 Å². The van der Waals surface area contributed by atoms with E-state index >= 15 is 0 Å². The molecule has 0 bridgehead atoms. The average Bonchev–Trinajstić information content (AvgIpc) is 2.98. The zero-order valence-corrected chi connectivity index (χ0v) is 23.1. The Morgan fingerprint density at radius 3 is 2.56 bits per heavy atom. The van der Waals surface area contributed by atoms with E-state index in [0.29, 0.717) is 49.6 Å². The van der Waals surface area contributed by atoms with E-state index in [1.54, 1.807) is 11.1 Å². The van der Waals surface area contributed by atoms with Crippen LogP contribution in [-0.4, -0.2) is 78.2 Å². The van der Waals surface area contributed by atoms with Gasteiger partial charge >= 0.3 is 6.18 Å². The van der Waals surface area contributed by atoms with Crippen LogP contribution in [0.1, 0.15) is 71.8 Å². The number of nitrogens with one attached hydrogen (secondary N) is 2. The van der Waals surface area contributed by atoms with Gasteiger partial charge in [-0.1, -0.05) is 12.1 Å². The number of amides is 1. The van der Waals surface area contributed by atoms with Crippen LogP contribution in [0.3, 0.4) is 0 Å². The molecule has 0 radical (unpaired) electrons. The van der Waals surface area contributed by atoms with Crippen molar-refractivity contribution in [1.29, 1.82) is 0 Å². The van der Waals surface area contributed by atoms with Gasteiger partial charge in [-0.2, -0.15) is 18.3 Å². The maximum absolute atomic E-state index is 14.1. The quantitative estimate of drug-likeness (QED) is 0.454. The molecule has 0 aliphatic carbocycles. The summed E-state index contributed by atoms with van der Waals surface area (Å²) in [5.74, 6) is -0.178. The minimum atomic E-state index is -4.37. The van der Waals surface area contributed by atoms with Gasteiger partial charge in [0, 0.05) is 43.9 Å². The van der Waals surface area contributed by atoms with Crippen LogP contribution in [0.4, 0.5) is 23.2 Å². The molecule has 41 heavy (non-hydrogen) atoms. The largest absolute Gasteiger partial charge is 0.416 e. The predicted molar refractivity (Wildman–Crippen MR) is 144 cm³/mol. The highest BCUT2D eigenvalue weighted by molar-refractivity contribution is 5.94. The lowest BCUT2D eigenvalue weighted by Gasteiger charge is -2.36. The number of anilines is 1. The van der Waals surface area contributed by atoms with E-state index in [-0.39, 0.29) is 36.8 Å². The molecule has 0 spiro atoms. The molecule has 4 heterocycles. The first kappa shape index (κ1) is 29.7. The van der Waals surface area contributed by atoms with Crippen LogP contribution < -0.4 is 10.6 Å². The van der Waals surface area contributed by atoms with Crippen LogP contribution in [0.5, 0.6) is 0 Å². The summed E-state index contributed by atoms with van der Waals surface area (Å²) in [7, 11) is 0. The van der Waals surface area contributed by atoms with E-state index in [1.165, 1.54) is 12.1 Å². The summed E-state index contributed by atoms with van der Waals surface area (Å²) in [6, 6.07) is 5.11. The molecule has 3 aliphatic heterocycles. The molecule has 3 fully saturated rings. The van der Waals surface area contributed by atoms with Crippen LogP contribution in [0.25, 0.3) is 0 Å². The summed E-state index contributed by atoms with van der Waals surface area (Å²) < 4.78 is 64.3. The number of halogens is 4. The van der Waals surface area contributed by atoms with Crippen LogP contribution >= 0.6 is 0 Å². The molecule has 3 aliphatic rings. The molecule has 1 aromatic carbocycles. The summed E-state index contributed by atoms with van der Waals surface area (Å²) in [6.07, 6.45) is 0.356. The minimum Gasteiger partial charge on any atom is -0.381 e. The number of hydrogen-bond donors (Lipinski definition) is 2. The first-order valence-electron chi connectivity index (χ1n) is 14.3. The smallest absolute Gasteiger partial charge is 0.381 e. The third-order valence-corrected chi connectivity index (χ3v) is 8.30. The molecular formula is C29H37F4N5O3. The molecule has 2 N–H and O–H groups in total. The topological polar surface area (TPSA) is 88.6 Å². The van der Waals surface area contributed by atoms with Gasteiger partial charge in [0.15, 0.2) is 5.69 Å². The Labute approximate surface area is 237 Å². The Kier molecular flexibility index (Phi) is 9.40. The zero-order chi connectivity index (χ0) is 29.0. The molecule has 2 unspecified atom stereocenters. The Hall–Kier alpha value is -2.83. The summed E-state index contributed by atoms with van der Waals surface area (Å²) in [5.41, 5.74) is 1.74. The second-order valence-corrected chi connectivity index (χ2v) is 11.1. The summed E-state index contributed by atoms with van der Waals surface area (Å²) >= 11 is 0. The number of carbonyl (C=O) groups is 1. The lowest BCUT2D eigenvalue weighted by Crippen LogP contribution is -2.52. The fourth-order valence-corrected chi connectivity index (χ4v) is 5.82. The molecule has 3 saturated heterocycles. The average molecular weight is 580 g/mol. The molecule has 5 rings (SSSR count). The van der Waals surface area contributed by atoms with Crippen molar-refractivity contribution in [3.8, 4) is 0 Å². The van der Waals surface area contributed by atoms with Crippen molar-refractivity contribution in [2.24, 2.45) is 0 Å². The van der Waals surface area contributed by atoms with Crippen molar-refractivity contribution < 1.29 is 31.8 Å². The Balaban J connectivity index is 1.13. The number of alkyl halides is 4. The molecule has 12 heteroatoms. The van der Waals surface area contributed by atoms with Crippen LogP contribution in [0.15, 0.2) is 30.5 Å². The fraction of sp³-hybridized carbons (Fsp3) is 0.621. The van der Waals surface area contributed by atoms with E-state index in [2.05, 4.69) is 20.8 Å². The van der Waals surface area contributed by atoms with E-state index in [9.17, 15) is 22.4 Å². The number of aromatic nitrogens is 2. The number of rotatable bonds is 7. The molecule has 4 atom stereocenters. The molecule has 224 valence electrons. The van der Waals surface area contributed by atoms with E-state index < -0.39 is 17.9 Å². The summed E-state index contributed by atoms with van der Waals surface area (Å²) in [4.78, 5) is 15.1. The molecular weight excluding hydrogens is 542 g/mol. The van der Waals surface area contributed by atoms with Gasteiger partial charge in [0.25, 0.3) is 5.91 Å². The normalized spacial score (nSPS) is 26.1. The van der Waals surface area contributed by atoms with Gasteiger partial charge in [-0.15, -0.1) is 5.10 Å². The van der Waals surface area contributed by atoms with Crippen molar-refractivity contribution in [3.05, 3.63) is 52.8 Å². The summed E-state index contributed by atoms with van der Waals surface area (Å²) in [5, 5.41) is 14.9. The fourth-order valence-electron chi connectivity index (χ4n) is 5.82. The maximum atomic E-state index is 14.1. The van der Waals surface area contributed by atoms with Crippen LogP contribution in [0.2, 0.25) is 0 Å². The number of hydrogen-bond acceptors (Lipinski definition) is 7. The van der Waals surface area contributed by atoms with Gasteiger partial charge in [-0.3, -0.25) is 4.79 Å². The highest BCUT2D eigenvalue weighted by atomic mass is 19.4. The van der Waals surface area contributed by atoms with E-state index in [1.807, 2.05) is 6.92 Å². The first-order valence-corrected chi connectivity index (χ1v) is 14.3. The SMILES string of the molecule is Cc1c(NC[C@H]2CCC[C@@H](c3ccc(C(F)(F)F)cc3)O2)cnnc1C(=O)N1CCC(NC2CCOCC2F)CC1. The minimum absolute atomic E-state index is 0.129. The van der Waals surface area contributed by atoms with Gasteiger partial charge in [0.1, 0.15) is 6.17 Å². The van der Waals surface area contributed by atoms with Crippen molar-refractivity contribution in [1.82, 2.24) is 20.4 Å². The lowest BCUT2D eigenvalue weighted by molar-refractivity contribution is -0.137. The number of likely N-dealkylation sites (tertiary alicyclic amines) is 1. The first-order chi connectivity index (χ1) is 19.7. The summed E-state index contributed by atoms with van der Waals surface area (Å²) in [6.45, 7) is 4.09. The second-order valence-electron chi connectivity index (χ2n) is 11.1. The standard InChI is InChI=1S/C29H37F4N5O3/c1-18-25(34-15-22-3-2-4-26(41-22)19-5-7-20(8-6-19)29(31,32)33)16-35-37-27(18)28(39)38-12-9-21(10-13-38)36-24-11-14-40-17-23(24)30/h5-8,16,21-24,26,36H,2-4,9-15,17H2,1H3,(H,34,37)/t22-,23?,24?,26+/m1/s1. The molecule has 1 aromatic heterocycles. The highest BCUT2D eigenvalue weighted by Crippen LogP contribution is 2.34. The molecule has 8 nitrogen and oxygen atoms in total. The zero-order valence-electron chi connectivity index (χ0n) is 23.1. The molecule has 2 aromatic rings. The van der Waals surface area contributed by atoms with Crippen LogP contribution in [-0.2, 0) is 15.7 Å². The third-order valence-electron chi connectivity index (χ3n) is 8.30. The Morgan fingerprint density at radius 2 is 1.85 bits per heavy atom. The van der Waals surface area contributed by atoms with E-state index in [0.717, 1.165) is 49.8 Å². The lowest BCUT2D eigenvalue weighted by atomic mass is 9.97. The van der Waals surface area contributed by atoms with Gasteiger partial charge in [0.05, 0.1) is 36.3 Å². The number of benzene rings is 1. The monoisotopic (exact) mass is 579 g/mol. The second kappa shape index (κ2) is 13.0. The number of ether oxygens (including phenoxy) is 2. The number of carbonyl (C=O) groups excluding carboxylic acids is 1. The van der Waals surface area contributed by atoms with Gasteiger partial charge in [0.2, 0.25) is 0 Å². The van der Waals surface area contributed by atoms with Gasteiger partial charge < -0.3 is 25.0 Å². The molecule has 0 saturated carbocycles. The number of nitrogens with zero attached hydrogens (tertiary/aromatic N) is 3. The highest BCUT2D eigenvalue weighted by Gasteiger charge is 2.32. The van der Waals surface area contributed by atoms with Crippen LogP contribution in [0, 0.1) is 6.92 Å². The van der Waals surface area contributed by atoms with Gasteiger partial charge in [-0.05, 0) is 63.1 Å². The van der Waals surface area contributed by atoms with Crippen molar-refractivity contribution in [2.45, 2.75) is 82.1 Å². The third kappa shape index (κ3) is 7.34. The number of piperidine rings is 1. The predicted octanol–water partition coefficient (Wildman–Crippen LogP) is 4.85. The van der Waals surface area contributed by atoms with Crippen molar-refractivity contribution in [2.75, 3.05) is 38.2 Å². The molecule has 1 amide bonds. The Morgan fingerprint density at radius 1 is 1.10 bits per heavy atom. The maximum Gasteiger partial charge on any atom is 0.416 e. The van der Waals surface area contributed by atoms with Crippen molar-refractivity contribution >= 4 is 11.6 Å². The van der Waals surface area contributed by atoms with Crippen molar-refractivity contribution in [3.63, 3.8) is 0 Å².